The van der Waals surface area contributed by atoms with Gasteiger partial charge < -0.3 is 15.0 Å². The SMILES string of the molecule is COc1ccc2nc(C[C@@H]3C[C@@H](C(C)C)[C@H](CNCc4ccncc4)C=C3C)[nH]c2c1. The van der Waals surface area contributed by atoms with Gasteiger partial charge >= 0.3 is 0 Å². The number of benzene rings is 1. The molecule has 2 aromatic heterocycles. The second-order valence-electron chi connectivity index (χ2n) is 9.17. The molecule has 0 radical (unpaired) electrons. The van der Waals surface area contributed by atoms with E-state index in [4.69, 9.17) is 9.72 Å². The third kappa shape index (κ3) is 5.16. The number of aromatic amines is 1. The summed E-state index contributed by atoms with van der Waals surface area (Å²) in [5, 5.41) is 3.67. The van der Waals surface area contributed by atoms with Crippen LogP contribution in [0.1, 0.15) is 38.6 Å². The van der Waals surface area contributed by atoms with Gasteiger partial charge in [0.1, 0.15) is 11.6 Å². The quantitative estimate of drug-likeness (QED) is 0.497. The third-order valence-corrected chi connectivity index (χ3v) is 6.72. The Bertz CT molecular complexity index is 1020. The maximum Gasteiger partial charge on any atom is 0.121 e. The highest BCUT2D eigenvalue weighted by molar-refractivity contribution is 5.76. The van der Waals surface area contributed by atoms with E-state index in [0.717, 1.165) is 42.1 Å². The standard InChI is InChI=1S/C26H34N4O/c1-17(2)23-12-20(13-26-29-24-6-5-22(31-4)14-25(24)30-26)18(3)11-21(23)16-28-15-19-7-9-27-10-8-19/h5-11,14,17,20-21,23,28H,12-13,15-16H2,1-4H3,(H,29,30)/t20-,21-,23-/m0/s1. The number of hydrogen-bond acceptors (Lipinski definition) is 4. The number of pyridine rings is 1. The molecular weight excluding hydrogens is 384 g/mol. The predicted octanol–water partition coefficient (Wildman–Crippen LogP) is 5.15. The first-order valence-corrected chi connectivity index (χ1v) is 11.3. The minimum Gasteiger partial charge on any atom is -0.497 e. The number of aromatic nitrogens is 3. The van der Waals surface area contributed by atoms with Crippen LogP contribution in [0.2, 0.25) is 0 Å². The topological polar surface area (TPSA) is 62.8 Å². The minimum absolute atomic E-state index is 0.534. The first-order chi connectivity index (χ1) is 15.0. The molecule has 0 aliphatic heterocycles. The average molecular weight is 419 g/mol. The van der Waals surface area contributed by atoms with Crippen molar-refractivity contribution in [3.8, 4) is 5.75 Å². The fraction of sp³-hybridized carbons (Fsp3) is 0.462. The van der Waals surface area contributed by atoms with Crippen LogP contribution in [-0.4, -0.2) is 28.6 Å². The van der Waals surface area contributed by atoms with E-state index in [-0.39, 0.29) is 0 Å². The molecule has 0 saturated heterocycles. The molecule has 164 valence electrons. The number of hydrogen-bond donors (Lipinski definition) is 2. The minimum atomic E-state index is 0.534. The summed E-state index contributed by atoms with van der Waals surface area (Å²) in [5.74, 6) is 4.35. The lowest BCUT2D eigenvalue weighted by Crippen LogP contribution is -2.34. The van der Waals surface area contributed by atoms with Crippen LogP contribution in [0.3, 0.4) is 0 Å². The molecule has 1 aliphatic rings. The van der Waals surface area contributed by atoms with Crippen molar-refractivity contribution in [1.29, 1.82) is 0 Å². The number of rotatable bonds is 8. The lowest BCUT2D eigenvalue weighted by molar-refractivity contribution is 0.221. The second-order valence-corrected chi connectivity index (χ2v) is 9.17. The molecule has 4 rings (SSSR count). The van der Waals surface area contributed by atoms with E-state index in [2.05, 4.69) is 54.3 Å². The van der Waals surface area contributed by atoms with Crippen LogP contribution >= 0.6 is 0 Å². The van der Waals surface area contributed by atoms with Crippen LogP contribution in [0.4, 0.5) is 0 Å². The molecule has 5 nitrogen and oxygen atoms in total. The molecule has 0 spiro atoms. The van der Waals surface area contributed by atoms with E-state index in [1.165, 1.54) is 17.6 Å². The number of fused-ring (bicyclic) bond motifs is 1. The summed E-state index contributed by atoms with van der Waals surface area (Å²) in [6.45, 7) is 8.92. The normalized spacial score (nSPS) is 21.5. The smallest absolute Gasteiger partial charge is 0.121 e. The summed E-state index contributed by atoms with van der Waals surface area (Å²) >= 11 is 0. The van der Waals surface area contributed by atoms with Gasteiger partial charge in [-0.15, -0.1) is 0 Å². The molecule has 0 bridgehead atoms. The lowest BCUT2D eigenvalue weighted by atomic mass is 9.70. The zero-order chi connectivity index (χ0) is 21.8. The lowest BCUT2D eigenvalue weighted by Gasteiger charge is -2.37. The summed E-state index contributed by atoms with van der Waals surface area (Å²) in [4.78, 5) is 12.4. The molecule has 2 N–H and O–H groups in total. The third-order valence-electron chi connectivity index (χ3n) is 6.72. The molecule has 0 unspecified atom stereocenters. The number of H-pyrrole nitrogens is 1. The van der Waals surface area contributed by atoms with Crippen molar-refractivity contribution in [1.82, 2.24) is 20.3 Å². The molecular formula is C26H34N4O. The van der Waals surface area contributed by atoms with Crippen LogP contribution in [0.15, 0.2) is 54.4 Å². The Morgan fingerprint density at radius 2 is 2.00 bits per heavy atom. The van der Waals surface area contributed by atoms with Gasteiger partial charge in [-0.25, -0.2) is 4.98 Å². The van der Waals surface area contributed by atoms with Crippen molar-refractivity contribution in [3.05, 3.63) is 65.8 Å². The van der Waals surface area contributed by atoms with E-state index < -0.39 is 0 Å². The largest absolute Gasteiger partial charge is 0.497 e. The molecule has 31 heavy (non-hydrogen) atoms. The van der Waals surface area contributed by atoms with E-state index in [1.807, 2.05) is 30.6 Å². The summed E-state index contributed by atoms with van der Waals surface area (Å²) in [6, 6.07) is 10.2. The van der Waals surface area contributed by atoms with Crippen LogP contribution in [-0.2, 0) is 13.0 Å². The fourth-order valence-electron chi connectivity index (χ4n) is 4.89. The van der Waals surface area contributed by atoms with Gasteiger partial charge in [0.25, 0.3) is 0 Å². The van der Waals surface area contributed by atoms with Gasteiger partial charge in [-0.05, 0) is 66.8 Å². The maximum absolute atomic E-state index is 5.35. The van der Waals surface area contributed by atoms with Crippen LogP contribution in [0.25, 0.3) is 11.0 Å². The average Bonchev–Trinajstić information content (AvgIpc) is 3.17. The van der Waals surface area contributed by atoms with Crippen molar-refractivity contribution in [3.63, 3.8) is 0 Å². The van der Waals surface area contributed by atoms with Gasteiger partial charge in [-0.3, -0.25) is 4.98 Å². The van der Waals surface area contributed by atoms with Gasteiger partial charge in [0.15, 0.2) is 0 Å². The van der Waals surface area contributed by atoms with Gasteiger partial charge in [0.05, 0.1) is 18.1 Å². The molecule has 1 aliphatic carbocycles. The van der Waals surface area contributed by atoms with Gasteiger partial charge in [0, 0.05) is 38.0 Å². The Kier molecular flexibility index (Phi) is 6.71. The predicted molar refractivity (Wildman–Crippen MR) is 126 cm³/mol. The van der Waals surface area contributed by atoms with Crippen LogP contribution in [0, 0.1) is 23.7 Å². The van der Waals surface area contributed by atoms with Crippen molar-refractivity contribution in [2.24, 2.45) is 23.7 Å². The second kappa shape index (κ2) is 9.65. The van der Waals surface area contributed by atoms with E-state index >= 15 is 0 Å². The van der Waals surface area contributed by atoms with Gasteiger partial charge in [-0.2, -0.15) is 0 Å². The van der Waals surface area contributed by atoms with Crippen LogP contribution < -0.4 is 10.1 Å². The van der Waals surface area contributed by atoms with E-state index in [1.54, 1.807) is 7.11 Å². The maximum atomic E-state index is 5.35. The number of ether oxygens (including phenoxy) is 1. The summed E-state index contributed by atoms with van der Waals surface area (Å²) in [7, 11) is 1.70. The first-order valence-electron chi connectivity index (χ1n) is 11.3. The highest BCUT2D eigenvalue weighted by atomic mass is 16.5. The Hall–Kier alpha value is -2.66. The van der Waals surface area contributed by atoms with Gasteiger partial charge in [-0.1, -0.05) is 25.5 Å². The van der Waals surface area contributed by atoms with Crippen molar-refractivity contribution < 1.29 is 4.74 Å². The van der Waals surface area contributed by atoms with Crippen LogP contribution in [0.5, 0.6) is 5.75 Å². The summed E-state index contributed by atoms with van der Waals surface area (Å²) in [5.41, 5.74) is 4.83. The highest BCUT2D eigenvalue weighted by Gasteiger charge is 2.31. The Morgan fingerprint density at radius 1 is 1.19 bits per heavy atom. The number of allylic oxidation sites excluding steroid dienone is 1. The molecule has 3 aromatic rings. The van der Waals surface area contributed by atoms with Crippen molar-refractivity contribution in [2.45, 2.75) is 40.2 Å². The van der Waals surface area contributed by atoms with E-state index in [9.17, 15) is 0 Å². The molecule has 5 heteroatoms. The number of imidazole rings is 1. The zero-order valence-corrected chi connectivity index (χ0v) is 19.1. The molecule has 3 atom stereocenters. The molecule has 0 saturated carbocycles. The monoisotopic (exact) mass is 418 g/mol. The molecule has 2 heterocycles. The summed E-state index contributed by atoms with van der Waals surface area (Å²) < 4.78 is 5.35. The Morgan fingerprint density at radius 3 is 2.74 bits per heavy atom. The molecule has 1 aromatic carbocycles. The van der Waals surface area contributed by atoms with Gasteiger partial charge in [0.2, 0.25) is 0 Å². The number of nitrogens with one attached hydrogen (secondary N) is 2. The Labute approximate surface area is 185 Å². The van der Waals surface area contributed by atoms with Crippen molar-refractivity contribution >= 4 is 11.0 Å². The number of nitrogens with zero attached hydrogens (tertiary/aromatic N) is 2. The fourth-order valence-corrected chi connectivity index (χ4v) is 4.89. The molecule has 0 fully saturated rings. The Balaban J connectivity index is 1.44. The molecule has 0 amide bonds. The van der Waals surface area contributed by atoms with E-state index in [0.29, 0.717) is 23.7 Å². The first kappa shape index (κ1) is 21.6. The highest BCUT2D eigenvalue weighted by Crippen LogP contribution is 2.38. The summed E-state index contributed by atoms with van der Waals surface area (Å²) in [6.07, 6.45) is 8.40. The van der Waals surface area contributed by atoms with Crippen molar-refractivity contribution in [2.75, 3.05) is 13.7 Å². The zero-order valence-electron chi connectivity index (χ0n) is 19.1. The number of methoxy groups -OCH3 is 1.